The molecule has 2 heterocycles. The van der Waals surface area contributed by atoms with Gasteiger partial charge in [-0.2, -0.15) is 0 Å². The molecule has 9 heteroatoms. The first kappa shape index (κ1) is 22.6. The van der Waals surface area contributed by atoms with Gasteiger partial charge in [-0.3, -0.25) is 0 Å². The van der Waals surface area contributed by atoms with Crippen molar-refractivity contribution in [3.63, 3.8) is 0 Å². The van der Waals surface area contributed by atoms with Crippen LogP contribution in [0.15, 0.2) is 40.7 Å². The average Bonchev–Trinajstić information content (AvgIpc) is 3.42. The first-order valence-electron chi connectivity index (χ1n) is 10.2. The number of nitrogens with one attached hydrogen (secondary N) is 2. The molecule has 0 aliphatic carbocycles. The largest absolute Gasteiger partial charge is 0.493 e. The Hall–Kier alpha value is -3.07. The Bertz CT molecular complexity index is 984. The molecular weight excluding hydrogens is 412 g/mol. The van der Waals surface area contributed by atoms with Crippen molar-refractivity contribution in [3.05, 3.63) is 57.8 Å². The molecule has 3 rings (SSSR count). The van der Waals surface area contributed by atoms with Gasteiger partial charge in [0, 0.05) is 25.0 Å². The zero-order valence-corrected chi connectivity index (χ0v) is 19.3. The summed E-state index contributed by atoms with van der Waals surface area (Å²) in [5.74, 6) is 3.93. The Labute approximate surface area is 187 Å². The molecule has 2 N–H and O–H groups in total. The molecule has 0 aliphatic rings. The van der Waals surface area contributed by atoms with Gasteiger partial charge in [-0.05, 0) is 48.9 Å². The van der Waals surface area contributed by atoms with Gasteiger partial charge in [0.1, 0.15) is 12.4 Å². The number of hydrogen-bond donors (Lipinski definition) is 2. The fourth-order valence-electron chi connectivity index (χ4n) is 3.03. The van der Waals surface area contributed by atoms with Crippen LogP contribution in [-0.4, -0.2) is 48.0 Å². The van der Waals surface area contributed by atoms with Crippen LogP contribution in [0.3, 0.4) is 0 Å². The second kappa shape index (κ2) is 11.4. The van der Waals surface area contributed by atoms with Gasteiger partial charge in [0.2, 0.25) is 0 Å². The summed E-state index contributed by atoms with van der Waals surface area (Å²) < 4.78 is 12.7. The van der Waals surface area contributed by atoms with Crippen molar-refractivity contribution in [2.45, 2.75) is 26.3 Å². The van der Waals surface area contributed by atoms with Gasteiger partial charge in [-0.1, -0.05) is 12.1 Å². The third-order valence-corrected chi connectivity index (χ3v) is 5.90. The smallest absolute Gasteiger partial charge is 0.191 e. The molecule has 166 valence electrons. The predicted molar refractivity (Wildman–Crippen MR) is 124 cm³/mol. The number of hydrogen-bond acceptors (Lipinski definition) is 6. The summed E-state index contributed by atoms with van der Waals surface area (Å²) in [6.07, 6.45) is 1.78. The molecule has 3 aromatic rings. The first-order valence-corrected chi connectivity index (χ1v) is 11.1. The first-order chi connectivity index (χ1) is 15.1. The minimum absolute atomic E-state index is 0.460. The minimum Gasteiger partial charge on any atom is -0.493 e. The van der Waals surface area contributed by atoms with Crippen molar-refractivity contribution in [2.75, 3.05) is 27.3 Å². The minimum atomic E-state index is 0.460. The number of benzene rings is 1. The lowest BCUT2D eigenvalue weighted by Crippen LogP contribution is -2.39. The monoisotopic (exact) mass is 442 g/mol. The average molecular weight is 443 g/mol. The normalized spacial score (nSPS) is 11.4. The lowest BCUT2D eigenvalue weighted by atomic mass is 10.1. The van der Waals surface area contributed by atoms with Gasteiger partial charge in [0.05, 0.1) is 14.2 Å². The van der Waals surface area contributed by atoms with E-state index in [-0.39, 0.29) is 0 Å². The van der Waals surface area contributed by atoms with E-state index in [9.17, 15) is 0 Å². The maximum Gasteiger partial charge on any atom is 0.191 e. The van der Waals surface area contributed by atoms with Gasteiger partial charge < -0.3 is 24.7 Å². The van der Waals surface area contributed by atoms with Gasteiger partial charge in [0.15, 0.2) is 23.3 Å². The summed E-state index contributed by atoms with van der Waals surface area (Å²) in [7, 11) is 5.24. The fourth-order valence-corrected chi connectivity index (χ4v) is 3.74. The Morgan fingerprint density at radius 2 is 1.84 bits per heavy atom. The van der Waals surface area contributed by atoms with Gasteiger partial charge in [0.25, 0.3) is 0 Å². The van der Waals surface area contributed by atoms with Gasteiger partial charge in [-0.15, -0.1) is 21.5 Å². The Morgan fingerprint density at radius 1 is 1.06 bits per heavy atom. The highest BCUT2D eigenvalue weighted by Gasteiger charge is 2.07. The standard InChI is InChI=1S/C22H30N6O2S/c1-16-26-27-21(28(16)2)15-25-22(24-12-10-18-6-5-13-31-18)23-11-9-17-7-8-19(29-3)20(14-17)30-4/h5-8,13-14H,9-12,15H2,1-4H3,(H2,23,24,25). The van der Waals surface area contributed by atoms with Crippen LogP contribution >= 0.6 is 11.3 Å². The van der Waals surface area contributed by atoms with E-state index in [1.54, 1.807) is 25.6 Å². The predicted octanol–water partition coefficient (Wildman–Crippen LogP) is 2.72. The van der Waals surface area contributed by atoms with E-state index in [1.807, 2.05) is 36.7 Å². The fraction of sp³-hybridized carbons (Fsp3) is 0.409. The van der Waals surface area contributed by atoms with Crippen molar-refractivity contribution in [1.29, 1.82) is 0 Å². The number of ether oxygens (including phenoxy) is 2. The molecule has 2 aromatic heterocycles. The molecule has 0 aliphatic heterocycles. The molecule has 0 bridgehead atoms. The Kier molecular flexibility index (Phi) is 8.28. The second-order valence-corrected chi connectivity index (χ2v) is 8.04. The molecule has 0 amide bonds. The zero-order chi connectivity index (χ0) is 22.1. The van der Waals surface area contributed by atoms with Crippen LogP contribution in [-0.2, 0) is 26.4 Å². The number of aryl methyl sites for hydroxylation is 1. The molecule has 0 fully saturated rings. The molecule has 0 atom stereocenters. The van der Waals surface area contributed by atoms with Crippen LogP contribution in [0.5, 0.6) is 11.5 Å². The van der Waals surface area contributed by atoms with E-state index in [0.29, 0.717) is 6.54 Å². The summed E-state index contributed by atoms with van der Waals surface area (Å²) in [6.45, 7) is 3.93. The molecule has 1 aromatic carbocycles. The topological polar surface area (TPSA) is 85.6 Å². The van der Waals surface area contributed by atoms with Crippen molar-refractivity contribution < 1.29 is 9.47 Å². The lowest BCUT2D eigenvalue weighted by molar-refractivity contribution is 0.354. The number of aliphatic imine (C=N–C) groups is 1. The van der Waals surface area contributed by atoms with Crippen molar-refractivity contribution in [2.24, 2.45) is 12.0 Å². The van der Waals surface area contributed by atoms with Crippen LogP contribution in [0.4, 0.5) is 0 Å². The van der Waals surface area contributed by atoms with Crippen molar-refractivity contribution >= 4 is 17.3 Å². The van der Waals surface area contributed by atoms with Crippen LogP contribution in [0, 0.1) is 6.92 Å². The van der Waals surface area contributed by atoms with Crippen LogP contribution in [0.2, 0.25) is 0 Å². The van der Waals surface area contributed by atoms with E-state index in [4.69, 9.17) is 14.5 Å². The highest BCUT2D eigenvalue weighted by atomic mass is 32.1. The van der Waals surface area contributed by atoms with Crippen LogP contribution in [0.25, 0.3) is 0 Å². The molecule has 0 radical (unpaired) electrons. The quantitative estimate of drug-likeness (QED) is 0.371. The Morgan fingerprint density at radius 3 is 2.48 bits per heavy atom. The van der Waals surface area contributed by atoms with E-state index >= 15 is 0 Å². The van der Waals surface area contributed by atoms with E-state index in [0.717, 1.165) is 60.6 Å². The third-order valence-electron chi connectivity index (χ3n) is 4.96. The number of thiophene rings is 1. The zero-order valence-electron chi connectivity index (χ0n) is 18.5. The molecule has 0 saturated heterocycles. The maximum atomic E-state index is 5.40. The second-order valence-electron chi connectivity index (χ2n) is 7.01. The van der Waals surface area contributed by atoms with Crippen molar-refractivity contribution in [1.82, 2.24) is 25.4 Å². The summed E-state index contributed by atoms with van der Waals surface area (Å²) in [6, 6.07) is 10.2. The third kappa shape index (κ3) is 6.45. The SMILES string of the molecule is COc1ccc(CCNC(=NCc2nnc(C)n2C)NCCc2cccs2)cc1OC. The van der Waals surface area contributed by atoms with Crippen molar-refractivity contribution in [3.8, 4) is 11.5 Å². The Balaban J connectivity index is 1.59. The highest BCUT2D eigenvalue weighted by Crippen LogP contribution is 2.27. The summed E-state index contributed by atoms with van der Waals surface area (Å²) in [5.41, 5.74) is 1.16. The van der Waals surface area contributed by atoms with Gasteiger partial charge >= 0.3 is 0 Å². The number of methoxy groups -OCH3 is 2. The van der Waals surface area contributed by atoms with E-state index < -0.39 is 0 Å². The van der Waals surface area contributed by atoms with Crippen LogP contribution < -0.4 is 20.1 Å². The maximum absolute atomic E-state index is 5.40. The number of aromatic nitrogens is 3. The van der Waals surface area contributed by atoms with Gasteiger partial charge in [-0.25, -0.2) is 4.99 Å². The summed E-state index contributed by atoms with van der Waals surface area (Å²) >= 11 is 1.77. The number of nitrogens with zero attached hydrogens (tertiary/aromatic N) is 4. The molecular formula is C22H30N6O2S. The molecule has 0 saturated carbocycles. The highest BCUT2D eigenvalue weighted by molar-refractivity contribution is 7.09. The molecule has 8 nitrogen and oxygen atoms in total. The summed E-state index contributed by atoms with van der Waals surface area (Å²) in [4.78, 5) is 6.06. The molecule has 0 spiro atoms. The number of guanidine groups is 1. The van der Waals surface area contributed by atoms with Crippen LogP contribution in [0.1, 0.15) is 22.1 Å². The number of rotatable bonds is 10. The molecule has 31 heavy (non-hydrogen) atoms. The van der Waals surface area contributed by atoms with E-state index in [2.05, 4.69) is 38.3 Å². The van der Waals surface area contributed by atoms with E-state index in [1.165, 1.54) is 4.88 Å². The molecule has 0 unspecified atom stereocenters. The summed E-state index contributed by atoms with van der Waals surface area (Å²) in [5, 5.41) is 17.3. The lowest BCUT2D eigenvalue weighted by Gasteiger charge is -2.13.